The number of fused-ring (bicyclic) bond motifs is 6. The molecule has 0 N–H and O–H groups in total. The molecule has 0 heterocycles. The molecule has 0 spiro atoms. The Hall–Kier alpha value is -7.02. The highest BCUT2D eigenvalue weighted by Gasteiger charge is 2.14. The molecule has 10 aromatic rings. The van der Waals surface area contributed by atoms with Crippen LogP contribution < -0.4 is 0 Å². The minimum absolute atomic E-state index is 1.21. The summed E-state index contributed by atoms with van der Waals surface area (Å²) >= 11 is 0. The van der Waals surface area contributed by atoms with E-state index in [4.69, 9.17) is 0 Å². The Kier molecular flexibility index (Phi) is 7.93. The fourth-order valence-electron chi connectivity index (χ4n) is 8.09. The van der Waals surface area contributed by atoms with Crippen molar-refractivity contribution in [1.82, 2.24) is 0 Å². The van der Waals surface area contributed by atoms with Crippen molar-refractivity contribution in [3.8, 4) is 66.8 Å². The number of hydrogen-bond acceptors (Lipinski definition) is 0. The second-order valence-corrected chi connectivity index (χ2v) is 14.1. The molecule has 0 aliphatic rings. The van der Waals surface area contributed by atoms with Crippen molar-refractivity contribution in [1.29, 1.82) is 0 Å². The summed E-state index contributed by atoms with van der Waals surface area (Å²) in [4.78, 5) is 0. The fourth-order valence-corrected chi connectivity index (χ4v) is 8.09. The number of hydrogen-bond donors (Lipinski definition) is 0. The summed E-state index contributed by atoms with van der Waals surface area (Å²) in [5, 5.41) is 7.61. The minimum atomic E-state index is 1.21. The molecule has 0 unspecified atom stereocenters. The van der Waals surface area contributed by atoms with Gasteiger partial charge in [0.15, 0.2) is 0 Å². The standard InChI is InChI=1S/C54H36/c1-5-15-37(16-6-1)43-29-44(38-17-7-2-8-18-38)32-47(31-43)41-25-27-51-52-28-26-42(36-54(52)50-24-14-13-23-49(50)53(51)35-41)48-33-45(39-19-9-3-10-20-39)30-46(34-48)40-21-11-4-12-22-40/h1-36H. The van der Waals surface area contributed by atoms with Crippen LogP contribution in [0.1, 0.15) is 0 Å². The van der Waals surface area contributed by atoms with Crippen LogP contribution in [0, 0.1) is 0 Å². The van der Waals surface area contributed by atoms with Crippen molar-refractivity contribution >= 4 is 32.3 Å². The Morgan fingerprint density at radius 3 is 0.667 bits per heavy atom. The molecular weight excluding hydrogens is 649 g/mol. The van der Waals surface area contributed by atoms with Crippen LogP contribution in [0.15, 0.2) is 218 Å². The van der Waals surface area contributed by atoms with Gasteiger partial charge >= 0.3 is 0 Å². The molecule has 10 rings (SSSR count). The molecule has 0 bridgehead atoms. The molecule has 252 valence electrons. The van der Waals surface area contributed by atoms with E-state index in [0.29, 0.717) is 0 Å². The van der Waals surface area contributed by atoms with Gasteiger partial charge in [-0.1, -0.05) is 170 Å². The largest absolute Gasteiger partial charge is 0.0622 e. The topological polar surface area (TPSA) is 0 Å². The lowest BCUT2D eigenvalue weighted by Gasteiger charge is -2.16. The molecule has 0 saturated heterocycles. The van der Waals surface area contributed by atoms with Gasteiger partial charge in [-0.2, -0.15) is 0 Å². The predicted octanol–water partition coefficient (Wildman–Crippen LogP) is 15.1. The van der Waals surface area contributed by atoms with E-state index in [0.717, 1.165) is 0 Å². The zero-order chi connectivity index (χ0) is 35.8. The number of rotatable bonds is 6. The first-order valence-electron chi connectivity index (χ1n) is 18.7. The predicted molar refractivity (Wildman–Crippen MR) is 232 cm³/mol. The van der Waals surface area contributed by atoms with Gasteiger partial charge in [0.05, 0.1) is 0 Å². The van der Waals surface area contributed by atoms with Crippen molar-refractivity contribution in [2.75, 3.05) is 0 Å². The second-order valence-electron chi connectivity index (χ2n) is 14.1. The van der Waals surface area contributed by atoms with Crippen LogP contribution in [0.25, 0.3) is 99.1 Å². The van der Waals surface area contributed by atoms with Gasteiger partial charge in [-0.25, -0.2) is 0 Å². The van der Waals surface area contributed by atoms with Gasteiger partial charge in [-0.05, 0) is 148 Å². The summed E-state index contributed by atoms with van der Waals surface area (Å²) in [7, 11) is 0. The van der Waals surface area contributed by atoms with Crippen LogP contribution in [0.5, 0.6) is 0 Å². The molecule has 0 saturated carbocycles. The van der Waals surface area contributed by atoms with Gasteiger partial charge in [0.1, 0.15) is 0 Å². The highest BCUT2D eigenvalue weighted by molar-refractivity contribution is 6.26. The third kappa shape index (κ3) is 5.85. The molecular formula is C54H36. The molecule has 0 aliphatic carbocycles. The first-order chi connectivity index (χ1) is 26.7. The van der Waals surface area contributed by atoms with Crippen molar-refractivity contribution in [2.45, 2.75) is 0 Å². The fraction of sp³-hybridized carbons (Fsp3) is 0. The highest BCUT2D eigenvalue weighted by atomic mass is 14.2. The molecule has 0 nitrogen and oxygen atoms in total. The maximum absolute atomic E-state index is 2.40. The van der Waals surface area contributed by atoms with Crippen LogP contribution in [-0.4, -0.2) is 0 Å². The highest BCUT2D eigenvalue weighted by Crippen LogP contribution is 2.41. The van der Waals surface area contributed by atoms with Gasteiger partial charge < -0.3 is 0 Å². The molecule has 10 aromatic carbocycles. The summed E-state index contributed by atoms with van der Waals surface area (Å²) < 4.78 is 0. The Labute approximate surface area is 316 Å². The lowest BCUT2D eigenvalue weighted by atomic mass is 9.88. The average Bonchev–Trinajstić information content (AvgIpc) is 3.27. The van der Waals surface area contributed by atoms with E-state index in [1.165, 1.54) is 99.1 Å². The number of benzene rings is 10. The van der Waals surface area contributed by atoms with Gasteiger partial charge in [0, 0.05) is 0 Å². The van der Waals surface area contributed by atoms with Crippen molar-refractivity contribution < 1.29 is 0 Å². The third-order valence-corrected chi connectivity index (χ3v) is 10.8. The Balaban J connectivity index is 1.15. The molecule has 0 amide bonds. The molecule has 0 aliphatic heterocycles. The summed E-state index contributed by atoms with van der Waals surface area (Å²) in [5.74, 6) is 0. The Morgan fingerprint density at radius 1 is 0.130 bits per heavy atom. The Bertz CT molecular complexity index is 2600. The maximum Gasteiger partial charge on any atom is -0.00928 e. The smallest absolute Gasteiger partial charge is 0.00928 e. The van der Waals surface area contributed by atoms with E-state index in [1.807, 2.05) is 0 Å². The molecule has 0 heteroatoms. The van der Waals surface area contributed by atoms with Crippen LogP contribution in [0.2, 0.25) is 0 Å². The van der Waals surface area contributed by atoms with Crippen molar-refractivity contribution in [3.05, 3.63) is 218 Å². The van der Waals surface area contributed by atoms with Gasteiger partial charge in [-0.15, -0.1) is 0 Å². The van der Waals surface area contributed by atoms with E-state index >= 15 is 0 Å². The third-order valence-electron chi connectivity index (χ3n) is 10.8. The van der Waals surface area contributed by atoms with Crippen LogP contribution in [0.3, 0.4) is 0 Å². The summed E-state index contributed by atoms with van der Waals surface area (Å²) in [6, 6.07) is 79.8. The second kappa shape index (κ2) is 13.5. The zero-order valence-electron chi connectivity index (χ0n) is 29.8. The first kappa shape index (κ1) is 31.7. The first-order valence-corrected chi connectivity index (χ1v) is 18.7. The quantitative estimate of drug-likeness (QED) is 0.153. The van der Waals surface area contributed by atoms with Gasteiger partial charge in [-0.3, -0.25) is 0 Å². The van der Waals surface area contributed by atoms with E-state index in [-0.39, 0.29) is 0 Å². The van der Waals surface area contributed by atoms with Gasteiger partial charge in [0.25, 0.3) is 0 Å². The van der Waals surface area contributed by atoms with E-state index in [1.54, 1.807) is 0 Å². The normalized spacial score (nSPS) is 11.3. The SMILES string of the molecule is c1ccc(-c2cc(-c3ccccc3)cc(-c3ccc4c5ccc(-c6cc(-c7ccccc7)cc(-c7ccccc7)c6)cc5c5ccccc5c4c3)c2)cc1. The van der Waals surface area contributed by atoms with Crippen LogP contribution in [0.4, 0.5) is 0 Å². The van der Waals surface area contributed by atoms with E-state index in [9.17, 15) is 0 Å². The lowest BCUT2D eigenvalue weighted by Crippen LogP contribution is -1.89. The van der Waals surface area contributed by atoms with Crippen molar-refractivity contribution in [2.24, 2.45) is 0 Å². The molecule has 0 atom stereocenters. The zero-order valence-corrected chi connectivity index (χ0v) is 29.8. The molecule has 0 radical (unpaired) electrons. The van der Waals surface area contributed by atoms with Crippen LogP contribution in [-0.2, 0) is 0 Å². The molecule has 54 heavy (non-hydrogen) atoms. The average molecular weight is 685 g/mol. The maximum atomic E-state index is 2.40. The molecule has 0 fully saturated rings. The monoisotopic (exact) mass is 684 g/mol. The van der Waals surface area contributed by atoms with Crippen LogP contribution >= 0.6 is 0 Å². The van der Waals surface area contributed by atoms with Crippen molar-refractivity contribution in [3.63, 3.8) is 0 Å². The summed E-state index contributed by atoms with van der Waals surface area (Å²) in [5.41, 5.74) is 14.6. The van der Waals surface area contributed by atoms with E-state index in [2.05, 4.69) is 218 Å². The summed E-state index contributed by atoms with van der Waals surface area (Å²) in [6.07, 6.45) is 0. The lowest BCUT2D eigenvalue weighted by molar-refractivity contribution is 1.57. The minimum Gasteiger partial charge on any atom is -0.0622 e. The molecule has 0 aromatic heterocycles. The Morgan fingerprint density at radius 2 is 0.370 bits per heavy atom. The van der Waals surface area contributed by atoms with E-state index < -0.39 is 0 Å². The van der Waals surface area contributed by atoms with Gasteiger partial charge in [0.2, 0.25) is 0 Å². The summed E-state index contributed by atoms with van der Waals surface area (Å²) in [6.45, 7) is 0.